The van der Waals surface area contributed by atoms with Crippen LogP contribution in [0.3, 0.4) is 0 Å². The number of fused-ring (bicyclic) bond motifs is 1. The van der Waals surface area contributed by atoms with Gasteiger partial charge in [-0.05, 0) is 25.5 Å². The molecule has 96 valence electrons. The van der Waals surface area contributed by atoms with Crippen molar-refractivity contribution in [3.8, 4) is 0 Å². The van der Waals surface area contributed by atoms with Gasteiger partial charge in [-0.1, -0.05) is 11.6 Å². The summed E-state index contributed by atoms with van der Waals surface area (Å²) in [5.41, 5.74) is 0.915. The summed E-state index contributed by atoms with van der Waals surface area (Å²) in [6, 6.07) is 0. The van der Waals surface area contributed by atoms with Crippen LogP contribution in [0.1, 0.15) is 18.4 Å². The Balaban J connectivity index is 1.89. The van der Waals surface area contributed by atoms with Crippen molar-refractivity contribution in [2.75, 3.05) is 17.6 Å². The summed E-state index contributed by atoms with van der Waals surface area (Å²) in [5.74, 6) is 2.70. The van der Waals surface area contributed by atoms with E-state index in [-0.39, 0.29) is 0 Å². The Morgan fingerprint density at radius 1 is 1.61 bits per heavy atom. The van der Waals surface area contributed by atoms with Crippen molar-refractivity contribution in [1.82, 2.24) is 19.6 Å². The number of thioether (sulfide) groups is 1. The molecular formula is C11H14ClN5S. The zero-order chi connectivity index (χ0) is 12.5. The average molecular weight is 284 g/mol. The van der Waals surface area contributed by atoms with Crippen LogP contribution < -0.4 is 5.32 Å². The second kappa shape index (κ2) is 4.93. The molecule has 1 aliphatic rings. The van der Waals surface area contributed by atoms with Crippen molar-refractivity contribution in [2.24, 2.45) is 0 Å². The van der Waals surface area contributed by atoms with Crippen molar-refractivity contribution in [1.29, 1.82) is 0 Å². The van der Waals surface area contributed by atoms with E-state index in [9.17, 15) is 0 Å². The summed E-state index contributed by atoms with van der Waals surface area (Å²) in [6.45, 7) is 2.88. The summed E-state index contributed by atoms with van der Waals surface area (Å²) in [4.78, 5) is 8.26. The third-order valence-corrected chi connectivity index (χ3v) is 4.89. The van der Waals surface area contributed by atoms with Crippen LogP contribution in [0, 0.1) is 6.92 Å². The van der Waals surface area contributed by atoms with E-state index in [0.29, 0.717) is 16.2 Å². The number of rotatable bonds is 3. The molecule has 1 N–H and O–H groups in total. The summed E-state index contributed by atoms with van der Waals surface area (Å²) >= 11 is 8.13. The standard InChI is InChI=1S/C11H14ClN5S/c1-7-9(12)16-11-14-6-15-17(11)10(7)13-5-8-3-2-4-18-8/h6,8,13H,2-5H2,1H3. The molecule has 1 unspecified atom stereocenters. The van der Waals surface area contributed by atoms with Gasteiger partial charge in [0.15, 0.2) is 0 Å². The van der Waals surface area contributed by atoms with Crippen LogP contribution in [-0.2, 0) is 0 Å². The number of aromatic nitrogens is 4. The number of anilines is 1. The lowest BCUT2D eigenvalue weighted by Gasteiger charge is -2.14. The van der Waals surface area contributed by atoms with Crippen molar-refractivity contribution >= 4 is 35.0 Å². The molecule has 5 nitrogen and oxygen atoms in total. The highest BCUT2D eigenvalue weighted by Crippen LogP contribution is 2.27. The normalized spacial score (nSPS) is 19.6. The van der Waals surface area contributed by atoms with Crippen molar-refractivity contribution in [3.63, 3.8) is 0 Å². The minimum absolute atomic E-state index is 0.483. The molecule has 0 aliphatic carbocycles. The molecule has 1 fully saturated rings. The molecule has 0 spiro atoms. The zero-order valence-electron chi connectivity index (χ0n) is 10.1. The maximum absolute atomic E-state index is 6.11. The predicted molar refractivity (Wildman–Crippen MR) is 74.5 cm³/mol. The minimum Gasteiger partial charge on any atom is -0.368 e. The molecule has 1 saturated heterocycles. The van der Waals surface area contributed by atoms with Gasteiger partial charge in [-0.15, -0.1) is 0 Å². The lowest BCUT2D eigenvalue weighted by molar-refractivity contribution is 0.796. The highest BCUT2D eigenvalue weighted by Gasteiger charge is 2.17. The van der Waals surface area contributed by atoms with E-state index in [1.54, 1.807) is 4.52 Å². The average Bonchev–Trinajstić information content (AvgIpc) is 3.00. The quantitative estimate of drug-likeness (QED) is 0.877. The number of nitrogens with zero attached hydrogens (tertiary/aromatic N) is 4. The van der Waals surface area contributed by atoms with E-state index in [2.05, 4.69) is 20.4 Å². The van der Waals surface area contributed by atoms with Gasteiger partial charge in [-0.25, -0.2) is 0 Å². The fraction of sp³-hybridized carbons (Fsp3) is 0.545. The lowest BCUT2D eigenvalue weighted by atomic mass is 10.2. The van der Waals surface area contributed by atoms with Crippen LogP contribution in [0.25, 0.3) is 5.78 Å². The minimum atomic E-state index is 0.483. The lowest BCUT2D eigenvalue weighted by Crippen LogP contribution is -2.17. The zero-order valence-corrected chi connectivity index (χ0v) is 11.6. The summed E-state index contributed by atoms with van der Waals surface area (Å²) in [7, 11) is 0. The van der Waals surface area contributed by atoms with Gasteiger partial charge < -0.3 is 5.32 Å². The number of nitrogens with one attached hydrogen (secondary N) is 1. The third kappa shape index (κ3) is 2.14. The van der Waals surface area contributed by atoms with Gasteiger partial charge in [0.05, 0.1) is 0 Å². The fourth-order valence-electron chi connectivity index (χ4n) is 2.12. The van der Waals surface area contributed by atoms with Gasteiger partial charge in [0, 0.05) is 17.4 Å². The molecule has 0 aromatic carbocycles. The van der Waals surface area contributed by atoms with Crippen LogP contribution in [-0.4, -0.2) is 37.1 Å². The largest absolute Gasteiger partial charge is 0.368 e. The number of halogens is 1. The first-order chi connectivity index (χ1) is 8.75. The monoisotopic (exact) mass is 283 g/mol. The van der Waals surface area contributed by atoms with E-state index < -0.39 is 0 Å². The third-order valence-electron chi connectivity index (χ3n) is 3.13. The molecule has 1 atom stereocenters. The Hall–Kier alpha value is -1.01. The smallest absolute Gasteiger partial charge is 0.255 e. The van der Waals surface area contributed by atoms with Crippen molar-refractivity contribution < 1.29 is 0 Å². The Kier molecular flexibility index (Phi) is 3.30. The highest BCUT2D eigenvalue weighted by atomic mass is 35.5. The summed E-state index contributed by atoms with van der Waals surface area (Å²) in [5, 5.41) is 8.78. The maximum atomic E-state index is 6.11. The predicted octanol–water partition coefficient (Wildman–Crippen LogP) is 2.39. The van der Waals surface area contributed by atoms with Gasteiger partial charge in [0.1, 0.15) is 17.3 Å². The highest BCUT2D eigenvalue weighted by molar-refractivity contribution is 8.00. The molecule has 0 amide bonds. The molecule has 2 aromatic heterocycles. The Morgan fingerprint density at radius 3 is 3.28 bits per heavy atom. The van der Waals surface area contributed by atoms with Gasteiger partial charge in [-0.2, -0.15) is 31.3 Å². The Morgan fingerprint density at radius 2 is 2.50 bits per heavy atom. The second-order valence-electron chi connectivity index (χ2n) is 4.36. The molecule has 18 heavy (non-hydrogen) atoms. The van der Waals surface area contributed by atoms with Crippen LogP contribution in [0.4, 0.5) is 5.82 Å². The fourth-order valence-corrected chi connectivity index (χ4v) is 3.49. The first kappa shape index (κ1) is 12.0. The SMILES string of the molecule is Cc1c(Cl)nc2ncnn2c1NCC1CCCS1. The van der Waals surface area contributed by atoms with Gasteiger partial charge in [-0.3, -0.25) is 0 Å². The first-order valence-corrected chi connectivity index (χ1v) is 7.39. The van der Waals surface area contributed by atoms with E-state index in [1.165, 1.54) is 24.9 Å². The van der Waals surface area contributed by atoms with Crippen LogP contribution in [0.2, 0.25) is 5.15 Å². The summed E-state index contributed by atoms with van der Waals surface area (Å²) < 4.78 is 1.71. The maximum Gasteiger partial charge on any atom is 0.255 e. The first-order valence-electron chi connectivity index (χ1n) is 5.97. The molecule has 2 aromatic rings. The molecule has 0 bridgehead atoms. The van der Waals surface area contributed by atoms with Gasteiger partial charge in [0.25, 0.3) is 5.78 Å². The number of hydrogen-bond donors (Lipinski definition) is 1. The molecule has 1 aliphatic heterocycles. The van der Waals surface area contributed by atoms with E-state index in [1.807, 2.05) is 18.7 Å². The van der Waals surface area contributed by atoms with E-state index >= 15 is 0 Å². The van der Waals surface area contributed by atoms with Gasteiger partial charge >= 0.3 is 0 Å². The summed E-state index contributed by atoms with van der Waals surface area (Å²) in [6.07, 6.45) is 4.08. The van der Waals surface area contributed by atoms with Crippen molar-refractivity contribution in [3.05, 3.63) is 17.0 Å². The molecule has 3 heterocycles. The van der Waals surface area contributed by atoms with Crippen LogP contribution in [0.5, 0.6) is 0 Å². The molecule has 0 saturated carbocycles. The molecule has 3 rings (SSSR count). The van der Waals surface area contributed by atoms with E-state index in [0.717, 1.165) is 17.9 Å². The molecule has 0 radical (unpaired) electrons. The van der Waals surface area contributed by atoms with Crippen LogP contribution >= 0.6 is 23.4 Å². The topological polar surface area (TPSA) is 55.1 Å². The van der Waals surface area contributed by atoms with Crippen molar-refractivity contribution in [2.45, 2.75) is 25.0 Å². The molecule has 7 heteroatoms. The second-order valence-corrected chi connectivity index (χ2v) is 6.13. The van der Waals surface area contributed by atoms with Gasteiger partial charge in [0.2, 0.25) is 0 Å². The Bertz CT molecular complexity index is 564. The van der Waals surface area contributed by atoms with E-state index in [4.69, 9.17) is 11.6 Å². The molecular weight excluding hydrogens is 270 g/mol. The Labute approximate surface area is 114 Å². The van der Waals surface area contributed by atoms with Crippen LogP contribution in [0.15, 0.2) is 6.33 Å². The number of hydrogen-bond acceptors (Lipinski definition) is 5.